The van der Waals surface area contributed by atoms with E-state index in [1.54, 1.807) is 36.1 Å². The summed E-state index contributed by atoms with van der Waals surface area (Å²) in [5.41, 5.74) is 0.536. The van der Waals surface area contributed by atoms with Crippen molar-refractivity contribution in [1.82, 2.24) is 20.0 Å². The first-order valence-electron chi connectivity index (χ1n) is 9.18. The molecule has 0 saturated carbocycles. The predicted octanol–water partition coefficient (Wildman–Crippen LogP) is 2.33. The Morgan fingerprint density at radius 2 is 1.97 bits per heavy atom. The number of amides is 1. The van der Waals surface area contributed by atoms with E-state index in [1.807, 2.05) is 4.90 Å². The number of benzene rings is 1. The van der Waals surface area contributed by atoms with Crippen molar-refractivity contribution >= 4 is 41.5 Å². The summed E-state index contributed by atoms with van der Waals surface area (Å²) in [4.78, 5) is 20.2. The summed E-state index contributed by atoms with van der Waals surface area (Å²) >= 11 is 0. The van der Waals surface area contributed by atoms with E-state index in [0.717, 1.165) is 17.8 Å². The van der Waals surface area contributed by atoms with E-state index in [0.29, 0.717) is 24.6 Å². The second-order valence-corrected chi connectivity index (χ2v) is 6.62. The fraction of sp³-hybridized carbons (Fsp3) is 0.350. The lowest BCUT2D eigenvalue weighted by Gasteiger charge is -2.35. The van der Waals surface area contributed by atoms with Gasteiger partial charge in [-0.25, -0.2) is 0 Å². The molecule has 0 bridgehead atoms. The van der Waals surface area contributed by atoms with Gasteiger partial charge in [0.25, 0.3) is 0 Å². The number of nitrogens with one attached hydrogen (secondary N) is 1. The van der Waals surface area contributed by atoms with Crippen LogP contribution < -0.4 is 10.2 Å². The molecule has 1 aliphatic heterocycles. The van der Waals surface area contributed by atoms with E-state index in [4.69, 9.17) is 0 Å². The number of guanidine groups is 1. The third-order valence-electron chi connectivity index (χ3n) is 4.51. The second kappa shape index (κ2) is 10.5. The van der Waals surface area contributed by atoms with Gasteiger partial charge >= 0.3 is 6.18 Å². The van der Waals surface area contributed by atoms with Gasteiger partial charge in [-0.15, -0.1) is 24.0 Å². The van der Waals surface area contributed by atoms with Crippen molar-refractivity contribution < 1.29 is 18.0 Å². The molecule has 1 fully saturated rings. The Kier molecular flexibility index (Phi) is 8.32. The van der Waals surface area contributed by atoms with E-state index in [9.17, 15) is 18.0 Å². The maximum Gasteiger partial charge on any atom is 0.416 e. The van der Waals surface area contributed by atoms with Crippen molar-refractivity contribution in [1.29, 1.82) is 0 Å². The quantitative estimate of drug-likeness (QED) is 0.272. The average molecular weight is 546 g/mol. The molecule has 0 radical (unpaired) electrons. The molecular weight excluding hydrogens is 524 g/mol. The van der Waals surface area contributed by atoms with Crippen LogP contribution in [0.1, 0.15) is 11.1 Å². The van der Waals surface area contributed by atoms with Crippen LogP contribution in [0.3, 0.4) is 0 Å². The zero-order chi connectivity index (χ0) is 21.7. The van der Waals surface area contributed by atoms with Crippen LogP contribution in [0.4, 0.5) is 18.9 Å². The minimum atomic E-state index is -4.36. The Labute approximate surface area is 195 Å². The Morgan fingerprint density at radius 3 is 2.52 bits per heavy atom. The van der Waals surface area contributed by atoms with Crippen molar-refractivity contribution in [3.05, 3.63) is 47.8 Å². The Hall–Kier alpha value is -2.75. The minimum Gasteiger partial charge on any atom is -0.345 e. The molecule has 0 unspecified atom stereocenters. The van der Waals surface area contributed by atoms with Crippen LogP contribution >= 0.6 is 24.0 Å². The number of halogens is 4. The molecule has 7 nitrogen and oxygen atoms in total. The number of anilines is 1. The van der Waals surface area contributed by atoms with Gasteiger partial charge in [0.2, 0.25) is 5.91 Å². The fourth-order valence-corrected chi connectivity index (χ4v) is 3.02. The van der Waals surface area contributed by atoms with Crippen LogP contribution in [0.5, 0.6) is 0 Å². The van der Waals surface area contributed by atoms with Crippen molar-refractivity contribution in [2.45, 2.75) is 6.18 Å². The number of piperazine rings is 1. The number of carbonyl (C=O) groups excluding carboxylic acids is 1. The van der Waals surface area contributed by atoms with Crippen LogP contribution in [-0.2, 0) is 18.0 Å². The van der Waals surface area contributed by atoms with Gasteiger partial charge in [-0.2, -0.15) is 18.3 Å². The van der Waals surface area contributed by atoms with Crippen LogP contribution in [0.25, 0.3) is 0 Å². The van der Waals surface area contributed by atoms with E-state index in [-0.39, 0.29) is 43.0 Å². The first-order chi connectivity index (χ1) is 14.3. The highest BCUT2D eigenvalue weighted by molar-refractivity contribution is 14.0. The summed E-state index contributed by atoms with van der Waals surface area (Å²) in [5.74, 6) is 6.14. The molecule has 1 saturated heterocycles. The number of nitrogens with zero attached hydrogens (tertiary/aromatic N) is 5. The number of rotatable bonds is 2. The second-order valence-electron chi connectivity index (χ2n) is 6.62. The Morgan fingerprint density at radius 1 is 1.26 bits per heavy atom. The molecule has 0 aliphatic carbocycles. The molecule has 3 rings (SSSR count). The molecule has 0 atom stereocenters. The number of aliphatic imine (C=N–C) groups is 1. The third-order valence-corrected chi connectivity index (χ3v) is 4.51. The maximum atomic E-state index is 12.6. The first kappa shape index (κ1) is 24.5. The predicted molar refractivity (Wildman–Crippen MR) is 122 cm³/mol. The number of hydrogen-bond donors (Lipinski definition) is 1. The molecule has 1 aromatic carbocycles. The molecule has 0 spiro atoms. The minimum absolute atomic E-state index is 0. The maximum absolute atomic E-state index is 12.6. The monoisotopic (exact) mass is 546 g/mol. The van der Waals surface area contributed by atoms with Gasteiger partial charge in [0.05, 0.1) is 24.0 Å². The summed E-state index contributed by atoms with van der Waals surface area (Å²) in [6, 6.07) is 4.68. The third kappa shape index (κ3) is 6.36. The van der Waals surface area contributed by atoms with Gasteiger partial charge in [0, 0.05) is 38.9 Å². The molecule has 1 amide bonds. The lowest BCUT2D eigenvalue weighted by Crippen LogP contribution is -2.55. The summed E-state index contributed by atoms with van der Waals surface area (Å²) in [6.45, 7) is 1.50. The standard InChI is InChI=1S/C20H21F3N6O.HI/c1-24-19(25-9-3-4-15-5-7-16(8-6-15)20(21,22)23)28-10-11-29(18(30)14-28)17-12-26-27(2)13-17;/h5-8,12-13H,9-11,14H2,1-2H3,(H,24,25);1H. The topological polar surface area (TPSA) is 65.8 Å². The number of hydrogen-bond acceptors (Lipinski definition) is 3. The van der Waals surface area contributed by atoms with Gasteiger partial charge in [0.15, 0.2) is 5.96 Å². The molecule has 11 heteroatoms. The molecule has 2 heterocycles. The average Bonchev–Trinajstić information content (AvgIpc) is 3.13. The molecule has 1 N–H and O–H groups in total. The lowest BCUT2D eigenvalue weighted by atomic mass is 10.1. The van der Waals surface area contributed by atoms with Crippen molar-refractivity contribution in [2.75, 3.05) is 38.1 Å². The Bertz CT molecular complexity index is 991. The van der Waals surface area contributed by atoms with Crippen LogP contribution in [-0.4, -0.2) is 59.8 Å². The zero-order valence-electron chi connectivity index (χ0n) is 17.0. The molecule has 1 aliphatic rings. The summed E-state index contributed by atoms with van der Waals surface area (Å²) in [7, 11) is 3.41. The highest BCUT2D eigenvalue weighted by Crippen LogP contribution is 2.28. The highest BCUT2D eigenvalue weighted by atomic mass is 127. The molecule has 31 heavy (non-hydrogen) atoms. The van der Waals surface area contributed by atoms with Crippen molar-refractivity contribution in [3.63, 3.8) is 0 Å². The smallest absolute Gasteiger partial charge is 0.345 e. The summed E-state index contributed by atoms with van der Waals surface area (Å²) < 4.78 is 39.4. The number of aromatic nitrogens is 2. The first-order valence-corrected chi connectivity index (χ1v) is 9.18. The Balaban J connectivity index is 0.00000341. The molecule has 166 valence electrons. The van der Waals surface area contributed by atoms with Crippen LogP contribution in [0, 0.1) is 11.8 Å². The van der Waals surface area contributed by atoms with Gasteiger partial charge < -0.3 is 15.1 Å². The normalized spacial score (nSPS) is 14.6. The number of carbonyl (C=O) groups is 1. The van der Waals surface area contributed by atoms with Crippen LogP contribution in [0.2, 0.25) is 0 Å². The van der Waals surface area contributed by atoms with Gasteiger partial charge in [-0.1, -0.05) is 11.8 Å². The van der Waals surface area contributed by atoms with Crippen molar-refractivity contribution in [3.8, 4) is 11.8 Å². The fourth-order valence-electron chi connectivity index (χ4n) is 3.02. The van der Waals surface area contributed by atoms with Gasteiger partial charge in [-0.3, -0.25) is 14.5 Å². The van der Waals surface area contributed by atoms with Gasteiger partial charge in [0.1, 0.15) is 6.54 Å². The van der Waals surface area contributed by atoms with E-state index in [1.165, 1.54) is 12.1 Å². The summed E-state index contributed by atoms with van der Waals surface area (Å²) in [5, 5.41) is 7.15. The van der Waals surface area contributed by atoms with Crippen LogP contribution in [0.15, 0.2) is 41.7 Å². The number of aryl methyl sites for hydroxylation is 1. The highest BCUT2D eigenvalue weighted by Gasteiger charge is 2.30. The van der Waals surface area contributed by atoms with Gasteiger partial charge in [-0.05, 0) is 24.3 Å². The molecule has 2 aromatic rings. The number of alkyl halides is 3. The van der Waals surface area contributed by atoms with E-state index >= 15 is 0 Å². The summed E-state index contributed by atoms with van der Waals surface area (Å²) in [6.07, 6.45) is -0.923. The van der Waals surface area contributed by atoms with E-state index in [2.05, 4.69) is 27.2 Å². The lowest BCUT2D eigenvalue weighted by molar-refractivity contribution is -0.137. The molecular formula is C20H22F3IN6O. The zero-order valence-corrected chi connectivity index (χ0v) is 19.3. The SMILES string of the molecule is CN=C(NCC#Cc1ccc(C(F)(F)F)cc1)N1CCN(c2cnn(C)c2)C(=O)C1.I. The van der Waals surface area contributed by atoms with Crippen molar-refractivity contribution in [2.24, 2.45) is 12.0 Å². The molecule has 1 aromatic heterocycles. The van der Waals surface area contributed by atoms with E-state index < -0.39 is 11.7 Å². The largest absolute Gasteiger partial charge is 0.416 e.